The summed E-state index contributed by atoms with van der Waals surface area (Å²) in [6.07, 6.45) is 1.68. The number of carbonyl (C=O) groups is 2. The lowest BCUT2D eigenvalue weighted by Crippen LogP contribution is -2.28. The van der Waals surface area contributed by atoms with Crippen molar-refractivity contribution in [2.75, 3.05) is 18.4 Å². The van der Waals surface area contributed by atoms with Gasteiger partial charge in [-0.15, -0.1) is 0 Å². The number of anilines is 1. The minimum absolute atomic E-state index is 0.0545. The number of para-hydroxylation sites is 1. The van der Waals surface area contributed by atoms with Crippen LogP contribution in [0.15, 0.2) is 48.5 Å². The Bertz CT molecular complexity index is 744. The monoisotopic (exact) mass is 353 g/mol. The maximum Gasteiger partial charge on any atom is 0.251 e. The summed E-state index contributed by atoms with van der Waals surface area (Å²) in [6, 6.07) is 15.9. The third-order valence-electron chi connectivity index (χ3n) is 4.08. The number of carbonyl (C=O) groups excluding carboxylic acids is 2. The Kier molecular flexibility index (Phi) is 7.68. The summed E-state index contributed by atoms with van der Waals surface area (Å²) >= 11 is 0. The van der Waals surface area contributed by atoms with E-state index in [1.807, 2.05) is 36.4 Å². The molecule has 2 aromatic carbocycles. The number of benzene rings is 2. The van der Waals surface area contributed by atoms with Crippen LogP contribution in [-0.2, 0) is 17.8 Å². The average Bonchev–Trinajstić information content (AvgIpc) is 2.66. The molecule has 2 aromatic rings. The van der Waals surface area contributed by atoms with Crippen LogP contribution in [-0.4, -0.2) is 24.9 Å². The van der Waals surface area contributed by atoms with Crippen LogP contribution in [0.25, 0.3) is 0 Å². The molecule has 2 amide bonds. The van der Waals surface area contributed by atoms with Crippen LogP contribution in [0.1, 0.15) is 41.8 Å². The molecule has 0 aromatic heterocycles. The molecule has 0 saturated carbocycles. The molecule has 0 aliphatic carbocycles. The van der Waals surface area contributed by atoms with Crippen LogP contribution in [0.3, 0.4) is 0 Å². The standard InChI is InChI=1S/C21H27N3O2/c1-3-18-9-4-5-11-20(18)24-15-17-8-6-10-19(14-17)21(26)23-13-7-12-22-16(2)25/h4-6,8-11,14,24H,3,7,12-13,15H2,1-2H3,(H,22,25)(H,23,26). The van der Waals surface area contributed by atoms with Crippen LogP contribution in [0.5, 0.6) is 0 Å². The molecule has 5 nitrogen and oxygen atoms in total. The van der Waals surface area contributed by atoms with Gasteiger partial charge in [0.2, 0.25) is 5.91 Å². The van der Waals surface area contributed by atoms with Gasteiger partial charge >= 0.3 is 0 Å². The summed E-state index contributed by atoms with van der Waals surface area (Å²) in [5.41, 5.74) is 4.11. The summed E-state index contributed by atoms with van der Waals surface area (Å²) < 4.78 is 0. The highest BCUT2D eigenvalue weighted by atomic mass is 16.2. The number of hydrogen-bond acceptors (Lipinski definition) is 3. The summed E-state index contributed by atoms with van der Waals surface area (Å²) in [7, 11) is 0. The van der Waals surface area contributed by atoms with Crippen molar-refractivity contribution in [3.8, 4) is 0 Å². The number of nitrogens with one attached hydrogen (secondary N) is 3. The molecular formula is C21H27N3O2. The van der Waals surface area contributed by atoms with Gasteiger partial charge in [0, 0.05) is 37.8 Å². The molecule has 0 aliphatic rings. The maximum atomic E-state index is 12.2. The first-order valence-electron chi connectivity index (χ1n) is 9.03. The van der Waals surface area contributed by atoms with Crippen molar-refractivity contribution in [2.45, 2.75) is 33.2 Å². The minimum Gasteiger partial charge on any atom is -0.381 e. The molecule has 5 heteroatoms. The van der Waals surface area contributed by atoms with E-state index < -0.39 is 0 Å². The van der Waals surface area contributed by atoms with Gasteiger partial charge in [-0.1, -0.05) is 37.3 Å². The SMILES string of the molecule is CCc1ccccc1NCc1cccc(C(=O)NCCCNC(C)=O)c1. The molecule has 2 rings (SSSR count). The van der Waals surface area contributed by atoms with Gasteiger partial charge < -0.3 is 16.0 Å². The number of rotatable bonds is 9. The van der Waals surface area contributed by atoms with E-state index in [-0.39, 0.29) is 11.8 Å². The first-order chi connectivity index (χ1) is 12.6. The zero-order chi connectivity index (χ0) is 18.8. The zero-order valence-corrected chi connectivity index (χ0v) is 15.5. The molecule has 3 N–H and O–H groups in total. The molecule has 0 saturated heterocycles. The van der Waals surface area contributed by atoms with E-state index in [0.29, 0.717) is 31.6 Å². The van der Waals surface area contributed by atoms with Gasteiger partial charge in [0.25, 0.3) is 5.91 Å². The average molecular weight is 353 g/mol. The smallest absolute Gasteiger partial charge is 0.251 e. The number of hydrogen-bond donors (Lipinski definition) is 3. The van der Waals surface area contributed by atoms with Crippen LogP contribution in [0, 0.1) is 0 Å². The first kappa shape index (κ1) is 19.5. The topological polar surface area (TPSA) is 70.2 Å². The fourth-order valence-corrected chi connectivity index (χ4v) is 2.68. The molecule has 0 heterocycles. The molecule has 0 spiro atoms. The summed E-state index contributed by atoms with van der Waals surface area (Å²) in [5, 5.41) is 9.04. The van der Waals surface area contributed by atoms with Crippen molar-refractivity contribution in [3.63, 3.8) is 0 Å². The summed E-state index contributed by atoms with van der Waals surface area (Å²) in [4.78, 5) is 23.0. The zero-order valence-electron chi connectivity index (χ0n) is 15.5. The second-order valence-electron chi connectivity index (χ2n) is 6.16. The number of aryl methyl sites for hydroxylation is 1. The normalized spacial score (nSPS) is 10.2. The van der Waals surface area contributed by atoms with Gasteiger partial charge in [0.05, 0.1) is 0 Å². The van der Waals surface area contributed by atoms with Crippen LogP contribution < -0.4 is 16.0 Å². The molecule has 0 fully saturated rings. The molecule has 138 valence electrons. The molecule has 26 heavy (non-hydrogen) atoms. The van der Waals surface area contributed by atoms with E-state index in [2.05, 4.69) is 35.0 Å². The molecule has 0 unspecified atom stereocenters. The van der Waals surface area contributed by atoms with E-state index in [1.54, 1.807) is 0 Å². The molecule has 0 bridgehead atoms. The molecule has 0 aliphatic heterocycles. The highest BCUT2D eigenvalue weighted by Crippen LogP contribution is 2.17. The second kappa shape index (κ2) is 10.2. The van der Waals surface area contributed by atoms with Gasteiger partial charge in [-0.3, -0.25) is 9.59 Å². The lowest BCUT2D eigenvalue weighted by Gasteiger charge is -2.12. The van der Waals surface area contributed by atoms with Crippen LogP contribution >= 0.6 is 0 Å². The van der Waals surface area contributed by atoms with E-state index in [9.17, 15) is 9.59 Å². The third kappa shape index (κ3) is 6.24. The van der Waals surface area contributed by atoms with Gasteiger partial charge in [0.15, 0.2) is 0 Å². The lowest BCUT2D eigenvalue weighted by atomic mass is 10.1. The Morgan fingerprint density at radius 1 is 0.962 bits per heavy atom. The van der Waals surface area contributed by atoms with E-state index >= 15 is 0 Å². The third-order valence-corrected chi connectivity index (χ3v) is 4.08. The minimum atomic E-state index is -0.0939. The van der Waals surface area contributed by atoms with Crippen molar-refractivity contribution in [2.24, 2.45) is 0 Å². The summed E-state index contributed by atoms with van der Waals surface area (Å²) in [6.45, 7) is 5.39. The lowest BCUT2D eigenvalue weighted by molar-refractivity contribution is -0.118. The summed E-state index contributed by atoms with van der Waals surface area (Å²) in [5.74, 6) is -0.148. The second-order valence-corrected chi connectivity index (χ2v) is 6.16. The Hall–Kier alpha value is -2.82. The van der Waals surface area contributed by atoms with Crippen molar-refractivity contribution < 1.29 is 9.59 Å². The van der Waals surface area contributed by atoms with E-state index in [0.717, 1.165) is 17.7 Å². The Morgan fingerprint density at radius 2 is 1.73 bits per heavy atom. The Morgan fingerprint density at radius 3 is 2.50 bits per heavy atom. The van der Waals surface area contributed by atoms with Gasteiger partial charge in [-0.05, 0) is 42.2 Å². The van der Waals surface area contributed by atoms with Crippen LogP contribution in [0.2, 0.25) is 0 Å². The van der Waals surface area contributed by atoms with E-state index in [1.165, 1.54) is 12.5 Å². The highest BCUT2D eigenvalue weighted by Gasteiger charge is 2.06. The van der Waals surface area contributed by atoms with Crippen LogP contribution in [0.4, 0.5) is 5.69 Å². The first-order valence-corrected chi connectivity index (χ1v) is 9.03. The number of amides is 2. The highest BCUT2D eigenvalue weighted by molar-refractivity contribution is 5.94. The van der Waals surface area contributed by atoms with Gasteiger partial charge in [0.1, 0.15) is 0 Å². The van der Waals surface area contributed by atoms with Crippen molar-refractivity contribution >= 4 is 17.5 Å². The maximum absolute atomic E-state index is 12.2. The quantitative estimate of drug-likeness (QED) is 0.607. The molecular weight excluding hydrogens is 326 g/mol. The van der Waals surface area contributed by atoms with Crippen molar-refractivity contribution in [3.05, 3.63) is 65.2 Å². The van der Waals surface area contributed by atoms with Crippen molar-refractivity contribution in [1.29, 1.82) is 0 Å². The largest absolute Gasteiger partial charge is 0.381 e. The molecule has 0 atom stereocenters. The van der Waals surface area contributed by atoms with Gasteiger partial charge in [-0.2, -0.15) is 0 Å². The predicted molar refractivity (Wildman–Crippen MR) is 105 cm³/mol. The fraction of sp³-hybridized carbons (Fsp3) is 0.333. The van der Waals surface area contributed by atoms with E-state index in [4.69, 9.17) is 0 Å². The Balaban J connectivity index is 1.86. The molecule has 0 radical (unpaired) electrons. The van der Waals surface area contributed by atoms with Gasteiger partial charge in [-0.25, -0.2) is 0 Å². The Labute approximate surface area is 155 Å². The fourth-order valence-electron chi connectivity index (χ4n) is 2.68. The predicted octanol–water partition coefficient (Wildman–Crippen LogP) is 3.12. The van der Waals surface area contributed by atoms with Crippen molar-refractivity contribution in [1.82, 2.24) is 10.6 Å².